The third kappa shape index (κ3) is 5.15. The zero-order valence-electron chi connectivity index (χ0n) is 17.3. The van der Waals surface area contributed by atoms with E-state index in [1.807, 2.05) is 6.07 Å². The highest BCUT2D eigenvalue weighted by Crippen LogP contribution is 2.30. The van der Waals surface area contributed by atoms with E-state index in [1.165, 1.54) is 33.8 Å². The molecule has 4 rings (SSSR count). The molecule has 3 aromatic rings. The van der Waals surface area contributed by atoms with Crippen molar-refractivity contribution in [2.75, 3.05) is 30.6 Å². The van der Waals surface area contributed by atoms with Gasteiger partial charge in [-0.1, -0.05) is 24.3 Å². The summed E-state index contributed by atoms with van der Waals surface area (Å²) in [5.74, 6) is -0.471. The fourth-order valence-corrected chi connectivity index (χ4v) is 6.28. The number of hydrogen-bond donors (Lipinski definition) is 0. The lowest BCUT2D eigenvalue weighted by atomic mass is 10.2. The summed E-state index contributed by atoms with van der Waals surface area (Å²) < 4.78 is 47.8. The smallest absolute Gasteiger partial charge is 0.264 e. The van der Waals surface area contributed by atoms with E-state index in [0.29, 0.717) is 11.3 Å². The topological polar surface area (TPSA) is 49.9 Å². The number of rotatable bonds is 7. The standard InChI is InChI=1S/C23H25FN2O3S2/c1-18-5-2-3-8-23(18)31(27,28)26(21-7-4-6-20(24)14-21)16-22-13-19(17-30-22)15-25-9-11-29-12-10-25/h2-8,13-14,17H,9-12,15-16H2,1H3. The molecule has 0 spiro atoms. The number of halogens is 1. The molecule has 1 aromatic heterocycles. The molecule has 1 aliphatic heterocycles. The van der Waals surface area contributed by atoms with Crippen molar-refractivity contribution in [3.8, 4) is 0 Å². The van der Waals surface area contributed by atoms with Crippen molar-refractivity contribution < 1.29 is 17.5 Å². The third-order valence-corrected chi connectivity index (χ3v) is 8.18. The summed E-state index contributed by atoms with van der Waals surface area (Å²) in [5, 5.41) is 2.06. The summed E-state index contributed by atoms with van der Waals surface area (Å²) in [6.07, 6.45) is 0. The second-order valence-corrected chi connectivity index (χ2v) is 10.4. The molecule has 0 bridgehead atoms. The Balaban J connectivity index is 1.64. The van der Waals surface area contributed by atoms with Crippen molar-refractivity contribution in [3.05, 3.63) is 81.8 Å². The van der Waals surface area contributed by atoms with E-state index in [0.717, 1.165) is 43.3 Å². The van der Waals surface area contributed by atoms with Gasteiger partial charge >= 0.3 is 0 Å². The molecular weight excluding hydrogens is 435 g/mol. The lowest BCUT2D eigenvalue weighted by Gasteiger charge is -2.26. The quantitative estimate of drug-likeness (QED) is 0.524. The maximum atomic E-state index is 14.0. The Morgan fingerprint density at radius 2 is 1.87 bits per heavy atom. The molecule has 0 saturated carbocycles. The van der Waals surface area contributed by atoms with Gasteiger partial charge in [0.05, 0.1) is 30.3 Å². The highest BCUT2D eigenvalue weighted by atomic mass is 32.2. The van der Waals surface area contributed by atoms with Crippen LogP contribution in [-0.4, -0.2) is 39.6 Å². The number of hydrogen-bond acceptors (Lipinski definition) is 5. The fourth-order valence-electron chi connectivity index (χ4n) is 3.66. The number of nitrogens with zero attached hydrogens (tertiary/aromatic N) is 2. The summed E-state index contributed by atoms with van der Waals surface area (Å²) in [6, 6.07) is 14.6. The molecule has 2 aromatic carbocycles. The van der Waals surface area contributed by atoms with Crippen molar-refractivity contribution in [2.45, 2.75) is 24.9 Å². The van der Waals surface area contributed by atoms with Gasteiger partial charge in [0.15, 0.2) is 0 Å². The highest BCUT2D eigenvalue weighted by Gasteiger charge is 2.27. The molecule has 0 aliphatic carbocycles. The molecule has 0 unspecified atom stereocenters. The van der Waals surface area contributed by atoms with Gasteiger partial charge in [-0.25, -0.2) is 12.8 Å². The molecule has 5 nitrogen and oxygen atoms in total. The maximum absolute atomic E-state index is 14.0. The fraction of sp³-hybridized carbons (Fsp3) is 0.304. The summed E-state index contributed by atoms with van der Waals surface area (Å²) in [7, 11) is -3.87. The molecule has 2 heterocycles. The Labute approximate surface area is 186 Å². The first kappa shape index (κ1) is 22.0. The van der Waals surface area contributed by atoms with E-state index in [1.54, 1.807) is 37.3 Å². The molecule has 0 N–H and O–H groups in total. The number of sulfonamides is 1. The molecule has 1 saturated heterocycles. The normalized spacial score (nSPS) is 15.2. The van der Waals surface area contributed by atoms with Crippen molar-refractivity contribution in [3.63, 3.8) is 0 Å². The van der Waals surface area contributed by atoms with Crippen molar-refractivity contribution in [1.29, 1.82) is 0 Å². The highest BCUT2D eigenvalue weighted by molar-refractivity contribution is 7.92. The molecule has 0 radical (unpaired) electrons. The Morgan fingerprint density at radius 3 is 2.61 bits per heavy atom. The van der Waals surface area contributed by atoms with Crippen molar-refractivity contribution >= 4 is 27.0 Å². The van der Waals surface area contributed by atoms with E-state index in [-0.39, 0.29) is 11.4 Å². The van der Waals surface area contributed by atoms with E-state index in [2.05, 4.69) is 10.3 Å². The minimum atomic E-state index is -3.87. The second-order valence-electron chi connectivity index (χ2n) is 7.57. The first-order valence-corrected chi connectivity index (χ1v) is 12.5. The number of morpholine rings is 1. The summed E-state index contributed by atoms with van der Waals surface area (Å²) in [5.41, 5.74) is 2.11. The van der Waals surface area contributed by atoms with Crippen LogP contribution in [0, 0.1) is 12.7 Å². The Kier molecular flexibility index (Phi) is 6.71. The Morgan fingerprint density at radius 1 is 1.10 bits per heavy atom. The van der Waals surface area contributed by atoms with Gasteiger partial charge in [-0.05, 0) is 53.8 Å². The van der Waals surface area contributed by atoms with Crippen LogP contribution in [0.2, 0.25) is 0 Å². The lowest BCUT2D eigenvalue weighted by Crippen LogP contribution is -2.35. The van der Waals surface area contributed by atoms with Gasteiger partial charge in [0.1, 0.15) is 5.82 Å². The van der Waals surface area contributed by atoms with Crippen LogP contribution < -0.4 is 4.31 Å². The molecular formula is C23H25FN2O3S2. The summed E-state index contributed by atoms with van der Waals surface area (Å²) in [6.45, 7) is 5.98. The number of benzene rings is 2. The van der Waals surface area contributed by atoms with E-state index < -0.39 is 15.8 Å². The van der Waals surface area contributed by atoms with Gasteiger partial charge in [-0.15, -0.1) is 11.3 Å². The minimum absolute atomic E-state index is 0.147. The van der Waals surface area contributed by atoms with Crippen LogP contribution >= 0.6 is 11.3 Å². The third-order valence-electron chi connectivity index (χ3n) is 5.28. The average Bonchev–Trinajstić information content (AvgIpc) is 3.20. The van der Waals surface area contributed by atoms with Crippen LogP contribution in [0.5, 0.6) is 0 Å². The predicted molar refractivity (Wildman–Crippen MR) is 121 cm³/mol. The van der Waals surface area contributed by atoms with E-state index in [9.17, 15) is 12.8 Å². The van der Waals surface area contributed by atoms with Crippen LogP contribution in [0.15, 0.2) is 64.9 Å². The average molecular weight is 461 g/mol. The van der Waals surface area contributed by atoms with Crippen LogP contribution in [0.25, 0.3) is 0 Å². The summed E-state index contributed by atoms with van der Waals surface area (Å²) in [4.78, 5) is 3.46. The molecule has 1 aliphatic rings. The first-order valence-electron chi connectivity index (χ1n) is 10.1. The Hall–Kier alpha value is -2.26. The number of anilines is 1. The van der Waals surface area contributed by atoms with Crippen LogP contribution in [0.4, 0.5) is 10.1 Å². The molecule has 0 atom stereocenters. The van der Waals surface area contributed by atoms with Gasteiger partial charge in [-0.2, -0.15) is 0 Å². The monoisotopic (exact) mass is 460 g/mol. The summed E-state index contributed by atoms with van der Waals surface area (Å²) >= 11 is 1.52. The van der Waals surface area contributed by atoms with E-state index in [4.69, 9.17) is 4.74 Å². The SMILES string of the molecule is Cc1ccccc1S(=O)(=O)N(Cc1cc(CN2CCOCC2)cs1)c1cccc(F)c1. The van der Waals surface area contributed by atoms with Gasteiger partial charge in [0.25, 0.3) is 10.0 Å². The Bertz CT molecular complexity index is 1140. The molecule has 164 valence electrons. The number of aryl methyl sites for hydroxylation is 1. The van der Waals surface area contributed by atoms with Crippen molar-refractivity contribution in [2.24, 2.45) is 0 Å². The number of thiophene rings is 1. The predicted octanol–water partition coefficient (Wildman–Crippen LogP) is 4.42. The van der Waals surface area contributed by atoms with Gasteiger partial charge in [0, 0.05) is 24.5 Å². The van der Waals surface area contributed by atoms with Gasteiger partial charge in [0.2, 0.25) is 0 Å². The zero-order valence-corrected chi connectivity index (χ0v) is 19.0. The number of ether oxygens (including phenoxy) is 1. The molecule has 1 fully saturated rings. The minimum Gasteiger partial charge on any atom is -0.379 e. The van der Waals surface area contributed by atoms with Crippen molar-refractivity contribution in [1.82, 2.24) is 4.90 Å². The van der Waals surface area contributed by atoms with Gasteiger partial charge < -0.3 is 4.74 Å². The van der Waals surface area contributed by atoms with Crippen LogP contribution in [0.1, 0.15) is 16.0 Å². The van der Waals surface area contributed by atoms with Crippen LogP contribution in [0.3, 0.4) is 0 Å². The van der Waals surface area contributed by atoms with Crippen LogP contribution in [-0.2, 0) is 27.8 Å². The maximum Gasteiger partial charge on any atom is 0.264 e. The zero-order chi connectivity index (χ0) is 21.8. The van der Waals surface area contributed by atoms with Gasteiger partial charge in [-0.3, -0.25) is 9.21 Å². The molecule has 31 heavy (non-hydrogen) atoms. The second kappa shape index (κ2) is 9.48. The first-order chi connectivity index (χ1) is 14.9. The van der Waals surface area contributed by atoms with E-state index >= 15 is 0 Å². The molecule has 8 heteroatoms. The largest absolute Gasteiger partial charge is 0.379 e. The lowest BCUT2D eigenvalue weighted by molar-refractivity contribution is 0.0342. The molecule has 0 amide bonds.